The molecule has 0 aliphatic heterocycles. The van der Waals surface area contributed by atoms with Crippen LogP contribution in [-0.4, -0.2) is 19.4 Å². The van der Waals surface area contributed by atoms with Crippen molar-refractivity contribution in [2.24, 2.45) is 11.8 Å². The molecular formula is C10H14O3. The van der Waals surface area contributed by atoms with E-state index in [1.807, 2.05) is 13.0 Å². The van der Waals surface area contributed by atoms with Crippen molar-refractivity contribution in [1.29, 1.82) is 0 Å². The largest absolute Gasteiger partial charge is 0.469 e. The fourth-order valence-electron chi connectivity index (χ4n) is 1.62. The second-order valence-corrected chi connectivity index (χ2v) is 3.40. The molecule has 1 aliphatic rings. The maximum atomic E-state index is 11.3. The highest BCUT2D eigenvalue weighted by molar-refractivity contribution is 5.79. The van der Waals surface area contributed by atoms with Crippen LogP contribution in [0.4, 0.5) is 0 Å². The van der Waals surface area contributed by atoms with E-state index in [2.05, 4.69) is 4.74 Å². The van der Waals surface area contributed by atoms with Crippen molar-refractivity contribution in [2.45, 2.75) is 19.8 Å². The topological polar surface area (TPSA) is 43.4 Å². The summed E-state index contributed by atoms with van der Waals surface area (Å²) < 4.78 is 4.63. The normalized spacial score (nSPS) is 27.7. The zero-order valence-corrected chi connectivity index (χ0v) is 7.95. The number of methoxy groups -OCH3 is 1. The molecular weight excluding hydrogens is 168 g/mol. The maximum absolute atomic E-state index is 11.3. The predicted octanol–water partition coefficient (Wildman–Crippen LogP) is 1.33. The number of rotatable bonds is 2. The summed E-state index contributed by atoms with van der Waals surface area (Å²) in [7, 11) is 1.35. The minimum Gasteiger partial charge on any atom is -0.469 e. The molecule has 0 N–H and O–H groups in total. The van der Waals surface area contributed by atoms with Crippen molar-refractivity contribution in [3.05, 3.63) is 11.6 Å². The summed E-state index contributed by atoms with van der Waals surface area (Å²) in [4.78, 5) is 21.9. The molecule has 2 atom stereocenters. The van der Waals surface area contributed by atoms with Crippen molar-refractivity contribution >= 4 is 12.3 Å². The fraction of sp³-hybridized carbons (Fsp3) is 0.600. The smallest absolute Gasteiger partial charge is 0.313 e. The van der Waals surface area contributed by atoms with Gasteiger partial charge in [-0.3, -0.25) is 4.79 Å². The standard InChI is InChI=1S/C10H14O3/c1-7-3-4-8(6-11)9(5-7)10(12)13-2/h5-6,8-9H,3-4H2,1-2H3/t8-,9+/m1/s1. The number of allylic oxidation sites excluding steroid dienone is 1. The van der Waals surface area contributed by atoms with E-state index < -0.39 is 0 Å². The van der Waals surface area contributed by atoms with Crippen LogP contribution in [0.25, 0.3) is 0 Å². The van der Waals surface area contributed by atoms with Gasteiger partial charge in [0.2, 0.25) is 0 Å². The molecule has 0 aromatic rings. The summed E-state index contributed by atoms with van der Waals surface area (Å²) in [5.74, 6) is -0.872. The molecule has 1 aliphatic carbocycles. The van der Waals surface area contributed by atoms with Crippen LogP contribution < -0.4 is 0 Å². The third kappa shape index (κ3) is 2.17. The summed E-state index contributed by atoms with van der Waals surface area (Å²) in [6, 6.07) is 0. The summed E-state index contributed by atoms with van der Waals surface area (Å²) in [6.45, 7) is 1.97. The highest BCUT2D eigenvalue weighted by Crippen LogP contribution is 2.27. The van der Waals surface area contributed by atoms with Crippen LogP contribution in [0.2, 0.25) is 0 Å². The van der Waals surface area contributed by atoms with Gasteiger partial charge in [-0.05, 0) is 19.8 Å². The average molecular weight is 182 g/mol. The van der Waals surface area contributed by atoms with Crippen molar-refractivity contribution in [1.82, 2.24) is 0 Å². The SMILES string of the molecule is COC(=O)[C@H]1C=C(C)CC[C@@H]1C=O. The number of aldehydes is 1. The summed E-state index contributed by atoms with van der Waals surface area (Å²) >= 11 is 0. The Balaban J connectivity index is 2.81. The summed E-state index contributed by atoms with van der Waals surface area (Å²) in [5.41, 5.74) is 1.16. The van der Waals surface area contributed by atoms with Gasteiger partial charge in [0.25, 0.3) is 0 Å². The van der Waals surface area contributed by atoms with E-state index in [4.69, 9.17) is 0 Å². The molecule has 0 saturated carbocycles. The zero-order chi connectivity index (χ0) is 9.84. The predicted molar refractivity (Wildman–Crippen MR) is 48.1 cm³/mol. The lowest BCUT2D eigenvalue weighted by atomic mass is 9.82. The molecule has 0 fully saturated rings. The first-order valence-corrected chi connectivity index (χ1v) is 4.39. The molecule has 0 spiro atoms. The van der Waals surface area contributed by atoms with Crippen molar-refractivity contribution in [3.63, 3.8) is 0 Å². The summed E-state index contributed by atoms with van der Waals surface area (Å²) in [5, 5.41) is 0. The average Bonchev–Trinajstić information content (AvgIpc) is 2.16. The van der Waals surface area contributed by atoms with Gasteiger partial charge in [0, 0.05) is 5.92 Å². The molecule has 3 nitrogen and oxygen atoms in total. The Hall–Kier alpha value is -1.12. The second-order valence-electron chi connectivity index (χ2n) is 3.40. The number of carbonyl (C=O) groups excluding carboxylic acids is 2. The van der Waals surface area contributed by atoms with Gasteiger partial charge in [0.05, 0.1) is 13.0 Å². The minimum atomic E-state index is -0.365. The molecule has 1 rings (SSSR count). The molecule has 13 heavy (non-hydrogen) atoms. The van der Waals surface area contributed by atoms with Crippen LogP contribution in [-0.2, 0) is 14.3 Å². The number of hydrogen-bond acceptors (Lipinski definition) is 3. The van der Waals surface area contributed by atoms with E-state index in [-0.39, 0.29) is 17.8 Å². The Kier molecular flexibility index (Phi) is 3.23. The number of esters is 1. The quantitative estimate of drug-likeness (QED) is 0.367. The Morgan fingerprint density at radius 2 is 2.38 bits per heavy atom. The molecule has 72 valence electrons. The molecule has 0 radical (unpaired) electrons. The van der Waals surface area contributed by atoms with Crippen LogP contribution >= 0.6 is 0 Å². The van der Waals surface area contributed by atoms with Gasteiger partial charge < -0.3 is 9.53 Å². The third-order valence-electron chi connectivity index (χ3n) is 2.45. The fourth-order valence-corrected chi connectivity index (χ4v) is 1.62. The molecule has 0 unspecified atom stereocenters. The molecule has 0 amide bonds. The Morgan fingerprint density at radius 1 is 1.69 bits per heavy atom. The molecule has 3 heteroatoms. The van der Waals surface area contributed by atoms with Gasteiger partial charge in [-0.15, -0.1) is 0 Å². The van der Waals surface area contributed by atoms with Crippen LogP contribution in [0.15, 0.2) is 11.6 Å². The maximum Gasteiger partial charge on any atom is 0.313 e. The van der Waals surface area contributed by atoms with Gasteiger partial charge in [0.1, 0.15) is 6.29 Å². The van der Waals surface area contributed by atoms with Gasteiger partial charge in [-0.2, -0.15) is 0 Å². The van der Waals surface area contributed by atoms with Gasteiger partial charge >= 0.3 is 5.97 Å². The molecule has 0 saturated heterocycles. The number of carbonyl (C=O) groups is 2. The van der Waals surface area contributed by atoms with Gasteiger partial charge in [-0.25, -0.2) is 0 Å². The Morgan fingerprint density at radius 3 is 2.92 bits per heavy atom. The number of hydrogen-bond donors (Lipinski definition) is 0. The van der Waals surface area contributed by atoms with E-state index >= 15 is 0 Å². The monoisotopic (exact) mass is 182 g/mol. The van der Waals surface area contributed by atoms with E-state index in [0.29, 0.717) is 0 Å². The van der Waals surface area contributed by atoms with Crippen molar-refractivity contribution in [3.8, 4) is 0 Å². The molecule has 0 aromatic carbocycles. The van der Waals surface area contributed by atoms with E-state index in [1.54, 1.807) is 0 Å². The van der Waals surface area contributed by atoms with Gasteiger partial charge in [-0.1, -0.05) is 11.6 Å². The van der Waals surface area contributed by atoms with Crippen molar-refractivity contribution in [2.75, 3.05) is 7.11 Å². The molecule has 0 heterocycles. The third-order valence-corrected chi connectivity index (χ3v) is 2.45. The van der Waals surface area contributed by atoms with E-state index in [0.717, 1.165) is 24.7 Å². The zero-order valence-electron chi connectivity index (χ0n) is 7.95. The van der Waals surface area contributed by atoms with Crippen LogP contribution in [0.5, 0.6) is 0 Å². The highest BCUT2D eigenvalue weighted by Gasteiger charge is 2.29. The Bertz CT molecular complexity index is 243. The number of ether oxygens (including phenoxy) is 1. The van der Waals surface area contributed by atoms with Crippen LogP contribution in [0.1, 0.15) is 19.8 Å². The first-order chi connectivity index (χ1) is 6.19. The molecule has 0 aromatic heterocycles. The first-order valence-electron chi connectivity index (χ1n) is 4.39. The lowest BCUT2D eigenvalue weighted by Crippen LogP contribution is -2.27. The Labute approximate surface area is 77.8 Å². The van der Waals surface area contributed by atoms with Gasteiger partial charge in [0.15, 0.2) is 0 Å². The summed E-state index contributed by atoms with van der Waals surface area (Å²) in [6.07, 6.45) is 4.35. The minimum absolute atomic E-state index is 0.198. The first kappa shape index (κ1) is 9.96. The second kappa shape index (κ2) is 4.21. The van der Waals surface area contributed by atoms with E-state index in [9.17, 15) is 9.59 Å². The van der Waals surface area contributed by atoms with Crippen LogP contribution in [0.3, 0.4) is 0 Å². The lowest BCUT2D eigenvalue weighted by molar-refractivity contribution is -0.146. The molecule has 0 bridgehead atoms. The highest BCUT2D eigenvalue weighted by atomic mass is 16.5. The van der Waals surface area contributed by atoms with Crippen molar-refractivity contribution < 1.29 is 14.3 Å². The lowest BCUT2D eigenvalue weighted by Gasteiger charge is -2.23. The van der Waals surface area contributed by atoms with E-state index in [1.165, 1.54) is 7.11 Å². The van der Waals surface area contributed by atoms with Crippen LogP contribution in [0, 0.1) is 11.8 Å².